The molecule has 9 heteroatoms. The topological polar surface area (TPSA) is 89.2 Å². The fourth-order valence-corrected chi connectivity index (χ4v) is 5.67. The summed E-state index contributed by atoms with van der Waals surface area (Å²) in [6.07, 6.45) is 12.1. The van der Waals surface area contributed by atoms with Gasteiger partial charge in [0.05, 0.1) is 6.04 Å². The molecule has 3 fully saturated rings. The molecule has 3 heterocycles. The highest BCUT2D eigenvalue weighted by Crippen LogP contribution is 2.36. The molecule has 0 bridgehead atoms. The summed E-state index contributed by atoms with van der Waals surface area (Å²) in [4.78, 5) is 24.1. The quantitative estimate of drug-likeness (QED) is 0.536. The number of aliphatic imine (C=N–C) groups is 1. The highest BCUT2D eigenvalue weighted by Gasteiger charge is 2.38. The minimum absolute atomic E-state index is 0.0495. The van der Waals surface area contributed by atoms with Gasteiger partial charge in [-0.3, -0.25) is 9.69 Å². The van der Waals surface area contributed by atoms with Crippen molar-refractivity contribution in [3.05, 3.63) is 35.4 Å². The second-order valence-electron chi connectivity index (χ2n) is 10.0. The third kappa shape index (κ3) is 5.23. The zero-order valence-corrected chi connectivity index (χ0v) is 20.2. The van der Waals surface area contributed by atoms with E-state index in [0.717, 1.165) is 38.4 Å². The van der Waals surface area contributed by atoms with Gasteiger partial charge in [0.25, 0.3) is 5.91 Å². The maximum Gasteiger partial charge on any atom is 0.268 e. The zero-order valence-electron chi connectivity index (χ0n) is 19.5. The van der Waals surface area contributed by atoms with Gasteiger partial charge in [-0.25, -0.2) is 4.99 Å². The molecule has 5 rings (SSSR count). The average Bonchev–Trinajstić information content (AvgIpc) is 3.66. The van der Waals surface area contributed by atoms with E-state index in [2.05, 4.69) is 55.6 Å². The zero-order chi connectivity index (χ0) is 22.9. The van der Waals surface area contributed by atoms with Crippen molar-refractivity contribution in [2.75, 3.05) is 46.3 Å². The van der Waals surface area contributed by atoms with Crippen LogP contribution in [0.3, 0.4) is 0 Å². The van der Waals surface area contributed by atoms with Gasteiger partial charge in [0.2, 0.25) is 0 Å². The van der Waals surface area contributed by atoms with Crippen molar-refractivity contribution in [1.82, 2.24) is 25.3 Å². The Balaban J connectivity index is 1.14. The van der Waals surface area contributed by atoms with E-state index < -0.39 is 5.91 Å². The fourth-order valence-electron chi connectivity index (χ4n) is 5.35. The van der Waals surface area contributed by atoms with Crippen LogP contribution in [-0.4, -0.2) is 90.2 Å². The van der Waals surface area contributed by atoms with Crippen molar-refractivity contribution in [3.63, 3.8) is 0 Å². The molecule has 180 valence electrons. The lowest BCUT2D eigenvalue weighted by molar-refractivity contribution is -0.115. The number of hydrogen-bond acceptors (Lipinski definition) is 7. The minimum atomic E-state index is -0.504. The van der Waals surface area contributed by atoms with Crippen LogP contribution in [0.5, 0.6) is 0 Å². The van der Waals surface area contributed by atoms with Crippen molar-refractivity contribution < 1.29 is 4.79 Å². The molecule has 4 N–H and O–H groups in total. The second kappa shape index (κ2) is 9.68. The van der Waals surface area contributed by atoms with Crippen LogP contribution in [0.15, 0.2) is 40.4 Å². The maximum absolute atomic E-state index is 12.0. The van der Waals surface area contributed by atoms with Gasteiger partial charge in [0.1, 0.15) is 10.9 Å². The number of amides is 1. The molecule has 2 saturated heterocycles. The maximum atomic E-state index is 12.0. The summed E-state index contributed by atoms with van der Waals surface area (Å²) in [5.74, 6) is 0.386. The number of nitrogens with one attached hydrogen (secondary N) is 2. The summed E-state index contributed by atoms with van der Waals surface area (Å²) in [5.41, 5.74) is 7.26. The minimum Gasteiger partial charge on any atom is -0.372 e. The number of piperidine rings is 1. The van der Waals surface area contributed by atoms with E-state index in [9.17, 15) is 4.79 Å². The fraction of sp³-hybridized carbons (Fsp3) is 0.667. The first-order chi connectivity index (χ1) is 16.0. The van der Waals surface area contributed by atoms with Crippen LogP contribution in [0.4, 0.5) is 0 Å². The highest BCUT2D eigenvalue weighted by molar-refractivity contribution is 6.67. The standard InChI is InChI=1S/C24H36ClN7O/c1-30-12-14-32(15-13-30)19-8-10-31(11-9-19)18-6-4-17(5-7-18)27-24-21(23(26)33)28-20(16-2-3-16)22(25)29-24/h4,6-7,16-17,19-20,27-28H,2-3,5,8-15H2,1H3,(H2,26,33). The third-order valence-corrected chi connectivity index (χ3v) is 7.96. The van der Waals surface area contributed by atoms with E-state index in [0.29, 0.717) is 22.6 Å². The van der Waals surface area contributed by atoms with Gasteiger partial charge in [-0.05, 0) is 51.1 Å². The van der Waals surface area contributed by atoms with E-state index in [-0.39, 0.29) is 12.1 Å². The Bertz CT molecular complexity index is 877. The van der Waals surface area contributed by atoms with Crippen molar-refractivity contribution >= 4 is 22.7 Å². The summed E-state index contributed by atoms with van der Waals surface area (Å²) in [6.45, 7) is 6.97. The number of likely N-dealkylation sites (tertiary alicyclic amines) is 1. The number of allylic oxidation sites excluding steroid dienone is 1. The molecule has 2 unspecified atom stereocenters. The van der Waals surface area contributed by atoms with Crippen LogP contribution in [0.2, 0.25) is 0 Å². The molecule has 0 aromatic heterocycles. The third-order valence-electron chi connectivity index (χ3n) is 7.64. The summed E-state index contributed by atoms with van der Waals surface area (Å²) < 4.78 is 0. The van der Waals surface area contributed by atoms with Crippen LogP contribution in [0, 0.1) is 5.92 Å². The first-order valence-electron chi connectivity index (χ1n) is 12.3. The predicted octanol–water partition coefficient (Wildman–Crippen LogP) is 1.17. The molecule has 0 radical (unpaired) electrons. The molecule has 33 heavy (non-hydrogen) atoms. The smallest absolute Gasteiger partial charge is 0.268 e. The number of nitrogens with two attached hydrogens (primary N) is 1. The number of carbonyl (C=O) groups is 1. The molecular formula is C24H36ClN7O. The summed E-state index contributed by atoms with van der Waals surface area (Å²) >= 11 is 6.42. The second-order valence-corrected chi connectivity index (χ2v) is 10.4. The molecule has 2 aliphatic carbocycles. The molecule has 0 aromatic carbocycles. The summed E-state index contributed by atoms with van der Waals surface area (Å²) in [7, 11) is 2.21. The van der Waals surface area contributed by atoms with Gasteiger partial charge in [0.15, 0.2) is 5.82 Å². The molecule has 3 aliphatic heterocycles. The Labute approximate surface area is 201 Å². The Hall–Kier alpha value is -2.03. The van der Waals surface area contributed by atoms with Crippen LogP contribution in [-0.2, 0) is 4.79 Å². The van der Waals surface area contributed by atoms with Gasteiger partial charge >= 0.3 is 0 Å². The van der Waals surface area contributed by atoms with Gasteiger partial charge in [-0.1, -0.05) is 23.8 Å². The van der Waals surface area contributed by atoms with Crippen molar-refractivity contribution in [2.45, 2.75) is 50.2 Å². The van der Waals surface area contributed by atoms with Gasteiger partial charge in [-0.15, -0.1) is 0 Å². The number of halogens is 1. The van der Waals surface area contributed by atoms with Crippen LogP contribution < -0.4 is 16.4 Å². The normalized spacial score (nSPS) is 30.1. The molecular weight excluding hydrogens is 438 g/mol. The number of carbonyl (C=O) groups excluding carboxylic acids is 1. The van der Waals surface area contributed by atoms with E-state index in [1.54, 1.807) is 0 Å². The molecule has 1 saturated carbocycles. The van der Waals surface area contributed by atoms with E-state index in [1.165, 1.54) is 44.7 Å². The monoisotopic (exact) mass is 473 g/mol. The van der Waals surface area contributed by atoms with Gasteiger partial charge < -0.3 is 26.2 Å². The molecule has 2 atom stereocenters. The number of piperazine rings is 1. The molecule has 1 amide bonds. The van der Waals surface area contributed by atoms with Gasteiger partial charge in [-0.2, -0.15) is 0 Å². The lowest BCUT2D eigenvalue weighted by atomic mass is 9.99. The number of primary amides is 1. The largest absolute Gasteiger partial charge is 0.372 e. The number of hydrogen-bond donors (Lipinski definition) is 3. The van der Waals surface area contributed by atoms with Crippen LogP contribution in [0.25, 0.3) is 0 Å². The van der Waals surface area contributed by atoms with Gasteiger partial charge in [0, 0.05) is 57.0 Å². The predicted molar refractivity (Wildman–Crippen MR) is 132 cm³/mol. The van der Waals surface area contributed by atoms with Crippen molar-refractivity contribution in [2.24, 2.45) is 16.6 Å². The average molecular weight is 474 g/mol. The number of rotatable bonds is 6. The Morgan fingerprint density at radius 1 is 1.15 bits per heavy atom. The first-order valence-corrected chi connectivity index (χ1v) is 12.7. The molecule has 8 nitrogen and oxygen atoms in total. The number of likely N-dealkylation sites (N-methyl/N-ethyl adjacent to an activating group) is 1. The number of nitrogens with zero attached hydrogens (tertiary/aromatic N) is 4. The van der Waals surface area contributed by atoms with Crippen LogP contribution in [0.1, 0.15) is 32.1 Å². The Morgan fingerprint density at radius 3 is 2.48 bits per heavy atom. The van der Waals surface area contributed by atoms with Crippen molar-refractivity contribution in [1.29, 1.82) is 0 Å². The van der Waals surface area contributed by atoms with Crippen LogP contribution >= 0.6 is 11.6 Å². The molecule has 0 spiro atoms. The Kier molecular flexibility index (Phi) is 6.67. The highest BCUT2D eigenvalue weighted by atomic mass is 35.5. The van der Waals surface area contributed by atoms with Crippen molar-refractivity contribution in [3.8, 4) is 0 Å². The SMILES string of the molecule is CN1CCN(C2CCN(C3=CCC(NC4=C(C(N)=O)NC(C5CC5)C(Cl)=N4)C=C3)CC2)CC1. The molecule has 5 aliphatic rings. The van der Waals surface area contributed by atoms with E-state index in [1.807, 2.05) is 0 Å². The first kappa shape index (κ1) is 22.7. The summed E-state index contributed by atoms with van der Waals surface area (Å²) in [5, 5.41) is 7.09. The Morgan fingerprint density at radius 2 is 1.88 bits per heavy atom. The lowest BCUT2D eigenvalue weighted by Crippen LogP contribution is -2.52. The van der Waals surface area contributed by atoms with E-state index in [4.69, 9.17) is 17.3 Å². The molecule has 0 aromatic rings. The van der Waals surface area contributed by atoms with E-state index >= 15 is 0 Å². The lowest BCUT2D eigenvalue weighted by Gasteiger charge is -2.43. The summed E-state index contributed by atoms with van der Waals surface area (Å²) in [6, 6.07) is 0.674.